The molecule has 0 saturated carbocycles. The van der Waals surface area contributed by atoms with Gasteiger partial charge in [-0.15, -0.1) is 0 Å². The summed E-state index contributed by atoms with van der Waals surface area (Å²) in [6.45, 7) is 6.70. The molecule has 182 valence electrons. The zero-order valence-electron chi connectivity index (χ0n) is 20.0. The molecular weight excluding hydrogens is 464 g/mol. The lowest BCUT2D eigenvalue weighted by molar-refractivity contribution is 0.0342. The van der Waals surface area contributed by atoms with E-state index in [1.54, 1.807) is 18.2 Å². The molecule has 4 rings (SSSR count). The standard InChI is InChI=1S/C28H29ClN2O4/c1-20-16-26(27(32)23-7-5-21(6-8-23)19-30-12-14-35-15-13-30)31(18-20)11-3-4-22-9-10-24(29)17-25(22)28(33)34-2/h3-10,16-18H,11-15,19H2,1-2H3. The lowest BCUT2D eigenvalue weighted by Crippen LogP contribution is -2.35. The lowest BCUT2D eigenvalue weighted by Gasteiger charge is -2.26. The van der Waals surface area contributed by atoms with Crippen molar-refractivity contribution in [1.29, 1.82) is 0 Å². The van der Waals surface area contributed by atoms with Crippen LogP contribution in [0.25, 0.3) is 6.08 Å². The van der Waals surface area contributed by atoms with Crippen LogP contribution < -0.4 is 0 Å². The van der Waals surface area contributed by atoms with Crippen LogP contribution in [-0.4, -0.2) is 54.6 Å². The van der Waals surface area contributed by atoms with Crippen molar-refractivity contribution in [3.05, 3.63) is 99.3 Å². The van der Waals surface area contributed by atoms with Crippen molar-refractivity contribution < 1.29 is 19.1 Å². The number of benzene rings is 2. The van der Waals surface area contributed by atoms with E-state index >= 15 is 0 Å². The number of hydrogen-bond acceptors (Lipinski definition) is 5. The number of aryl methyl sites for hydroxylation is 1. The number of ether oxygens (including phenoxy) is 2. The Hall–Kier alpha value is -3.19. The highest BCUT2D eigenvalue weighted by Crippen LogP contribution is 2.20. The minimum absolute atomic E-state index is 0.0221. The minimum atomic E-state index is -0.447. The summed E-state index contributed by atoms with van der Waals surface area (Å²) in [5.74, 6) is -0.469. The number of aromatic nitrogens is 1. The number of methoxy groups -OCH3 is 1. The predicted molar refractivity (Wildman–Crippen MR) is 137 cm³/mol. The summed E-state index contributed by atoms with van der Waals surface area (Å²) in [6.07, 6.45) is 5.71. The number of rotatable bonds is 8. The second-order valence-electron chi connectivity index (χ2n) is 8.60. The Morgan fingerprint density at radius 2 is 1.83 bits per heavy atom. The number of hydrogen-bond donors (Lipinski definition) is 0. The van der Waals surface area contributed by atoms with Crippen molar-refractivity contribution in [1.82, 2.24) is 9.47 Å². The van der Waals surface area contributed by atoms with Crippen LogP contribution >= 0.6 is 11.6 Å². The van der Waals surface area contributed by atoms with Crippen LogP contribution in [0.2, 0.25) is 5.02 Å². The van der Waals surface area contributed by atoms with E-state index in [1.807, 2.05) is 60.2 Å². The third kappa shape index (κ3) is 6.28. The highest BCUT2D eigenvalue weighted by atomic mass is 35.5. The molecule has 0 spiro atoms. The lowest BCUT2D eigenvalue weighted by atomic mass is 10.1. The van der Waals surface area contributed by atoms with Crippen molar-refractivity contribution in [2.24, 2.45) is 0 Å². The molecule has 1 saturated heterocycles. The minimum Gasteiger partial charge on any atom is -0.465 e. The van der Waals surface area contributed by atoms with Gasteiger partial charge in [-0.3, -0.25) is 9.69 Å². The molecule has 2 aromatic carbocycles. The normalized spacial score (nSPS) is 14.4. The Balaban J connectivity index is 1.47. The maximum atomic E-state index is 13.3. The van der Waals surface area contributed by atoms with Crippen molar-refractivity contribution in [3.8, 4) is 0 Å². The molecule has 6 nitrogen and oxygen atoms in total. The summed E-state index contributed by atoms with van der Waals surface area (Å²) in [5.41, 5.74) is 4.57. The summed E-state index contributed by atoms with van der Waals surface area (Å²) < 4.78 is 12.2. The first-order valence-corrected chi connectivity index (χ1v) is 12.0. The van der Waals surface area contributed by atoms with E-state index in [1.165, 1.54) is 12.7 Å². The number of allylic oxidation sites excluding steroid dienone is 1. The number of carbonyl (C=O) groups excluding carboxylic acids is 2. The highest BCUT2D eigenvalue weighted by Gasteiger charge is 2.16. The van der Waals surface area contributed by atoms with E-state index in [2.05, 4.69) is 4.90 Å². The largest absolute Gasteiger partial charge is 0.465 e. The third-order valence-electron chi connectivity index (χ3n) is 6.01. The van der Waals surface area contributed by atoms with E-state index in [0.717, 1.165) is 38.4 Å². The first-order chi connectivity index (χ1) is 16.9. The van der Waals surface area contributed by atoms with E-state index in [4.69, 9.17) is 21.1 Å². The summed E-state index contributed by atoms with van der Waals surface area (Å²) >= 11 is 6.04. The molecule has 0 amide bonds. The Bertz CT molecular complexity index is 1220. The fraction of sp³-hybridized carbons (Fsp3) is 0.286. The Morgan fingerprint density at radius 3 is 2.54 bits per heavy atom. The average molecular weight is 493 g/mol. The van der Waals surface area contributed by atoms with Crippen LogP contribution in [0.4, 0.5) is 0 Å². The van der Waals surface area contributed by atoms with Gasteiger partial charge in [0.1, 0.15) is 0 Å². The van der Waals surface area contributed by atoms with Gasteiger partial charge in [0.2, 0.25) is 5.78 Å². The van der Waals surface area contributed by atoms with Crippen LogP contribution in [0.5, 0.6) is 0 Å². The van der Waals surface area contributed by atoms with E-state index in [9.17, 15) is 9.59 Å². The average Bonchev–Trinajstić information content (AvgIpc) is 3.25. The van der Waals surface area contributed by atoms with Crippen LogP contribution in [0.3, 0.4) is 0 Å². The van der Waals surface area contributed by atoms with Crippen molar-refractivity contribution in [2.45, 2.75) is 20.0 Å². The van der Waals surface area contributed by atoms with Crippen LogP contribution in [0, 0.1) is 6.92 Å². The summed E-state index contributed by atoms with van der Waals surface area (Å²) in [5, 5.41) is 0.465. The number of nitrogens with zero attached hydrogens (tertiary/aromatic N) is 2. The third-order valence-corrected chi connectivity index (χ3v) is 6.25. The second-order valence-corrected chi connectivity index (χ2v) is 9.03. The molecule has 1 aromatic heterocycles. The first kappa shape index (κ1) is 24.9. The van der Waals surface area contributed by atoms with Crippen LogP contribution in [-0.2, 0) is 22.6 Å². The van der Waals surface area contributed by atoms with E-state index in [0.29, 0.717) is 34.0 Å². The van der Waals surface area contributed by atoms with E-state index < -0.39 is 5.97 Å². The van der Waals surface area contributed by atoms with Crippen molar-refractivity contribution in [3.63, 3.8) is 0 Å². The molecule has 0 aliphatic carbocycles. The molecule has 0 unspecified atom stereocenters. The van der Waals surface area contributed by atoms with Crippen molar-refractivity contribution >= 4 is 29.4 Å². The molecule has 0 N–H and O–H groups in total. The zero-order chi connectivity index (χ0) is 24.8. The van der Waals surface area contributed by atoms with Gasteiger partial charge >= 0.3 is 5.97 Å². The monoisotopic (exact) mass is 492 g/mol. The Morgan fingerprint density at radius 1 is 1.09 bits per heavy atom. The maximum Gasteiger partial charge on any atom is 0.338 e. The molecule has 1 aliphatic heterocycles. The van der Waals surface area contributed by atoms with Gasteiger partial charge in [0.05, 0.1) is 31.6 Å². The number of ketones is 1. The number of esters is 1. The second kappa shape index (κ2) is 11.5. The molecule has 0 atom stereocenters. The fourth-order valence-corrected chi connectivity index (χ4v) is 4.35. The van der Waals surface area contributed by atoms with Gasteiger partial charge in [0, 0.05) is 43.0 Å². The summed E-state index contributed by atoms with van der Waals surface area (Å²) in [6, 6.07) is 14.8. The predicted octanol–water partition coefficient (Wildman–Crippen LogP) is 5.01. The van der Waals surface area contributed by atoms with Gasteiger partial charge in [-0.25, -0.2) is 4.79 Å². The first-order valence-electron chi connectivity index (χ1n) is 11.6. The maximum absolute atomic E-state index is 13.3. The number of morpholine rings is 1. The van der Waals surface area contributed by atoms with Gasteiger partial charge in [0.25, 0.3) is 0 Å². The number of carbonyl (C=O) groups is 2. The van der Waals surface area contributed by atoms with Gasteiger partial charge in [0.15, 0.2) is 0 Å². The van der Waals surface area contributed by atoms with Gasteiger partial charge < -0.3 is 14.0 Å². The van der Waals surface area contributed by atoms with Gasteiger partial charge in [-0.2, -0.15) is 0 Å². The Labute approximate surface area is 210 Å². The van der Waals surface area contributed by atoms with Crippen LogP contribution in [0.15, 0.2) is 60.8 Å². The van der Waals surface area contributed by atoms with Gasteiger partial charge in [-0.1, -0.05) is 54.1 Å². The Kier molecular flexibility index (Phi) is 8.18. The molecule has 2 heterocycles. The molecule has 35 heavy (non-hydrogen) atoms. The summed E-state index contributed by atoms with van der Waals surface area (Å²) in [7, 11) is 1.34. The molecule has 7 heteroatoms. The van der Waals surface area contributed by atoms with Crippen molar-refractivity contribution in [2.75, 3.05) is 33.4 Å². The molecule has 1 fully saturated rings. The van der Waals surface area contributed by atoms with E-state index in [-0.39, 0.29) is 5.78 Å². The van der Waals surface area contributed by atoms with Gasteiger partial charge in [-0.05, 0) is 41.8 Å². The van der Waals surface area contributed by atoms with Crippen LogP contribution in [0.1, 0.15) is 43.1 Å². The fourth-order valence-electron chi connectivity index (χ4n) is 4.18. The topological polar surface area (TPSA) is 60.8 Å². The molecule has 0 bridgehead atoms. The molecule has 1 aliphatic rings. The molecular formula is C28H29ClN2O4. The smallest absolute Gasteiger partial charge is 0.338 e. The number of halogens is 1. The molecule has 3 aromatic rings. The quantitative estimate of drug-likeness (QED) is 0.326. The SMILES string of the molecule is COC(=O)c1cc(Cl)ccc1C=CCn1cc(C)cc1C(=O)c1ccc(CN2CCOCC2)cc1. The summed E-state index contributed by atoms with van der Waals surface area (Å²) in [4.78, 5) is 27.7. The highest BCUT2D eigenvalue weighted by molar-refractivity contribution is 6.31. The zero-order valence-corrected chi connectivity index (χ0v) is 20.8. The molecule has 0 radical (unpaired) electrons.